The van der Waals surface area contributed by atoms with Crippen LogP contribution in [0.15, 0.2) is 35.2 Å². The van der Waals surface area contributed by atoms with Crippen molar-refractivity contribution >= 4 is 32.4 Å². The van der Waals surface area contributed by atoms with E-state index in [0.717, 1.165) is 0 Å². The second-order valence-electron chi connectivity index (χ2n) is 6.37. The molecule has 0 radical (unpaired) electrons. The van der Waals surface area contributed by atoms with Crippen LogP contribution in [0.4, 0.5) is 5.69 Å². The predicted molar refractivity (Wildman–Crippen MR) is 90.7 cm³/mol. The zero-order valence-corrected chi connectivity index (χ0v) is 14.3. The molecule has 0 spiro atoms. The van der Waals surface area contributed by atoms with E-state index in [9.17, 15) is 13.2 Å². The van der Waals surface area contributed by atoms with Gasteiger partial charge in [0.2, 0.25) is 10.0 Å². The molecule has 1 fully saturated rings. The molecular formula is C17H18N2O4S. The highest BCUT2D eigenvalue weighted by atomic mass is 32.2. The van der Waals surface area contributed by atoms with Crippen LogP contribution >= 0.6 is 0 Å². The number of nitrogens with one attached hydrogen (secondary N) is 1. The summed E-state index contributed by atoms with van der Waals surface area (Å²) < 4.78 is 33.5. The van der Waals surface area contributed by atoms with Crippen molar-refractivity contribution in [2.45, 2.75) is 31.0 Å². The van der Waals surface area contributed by atoms with Gasteiger partial charge in [-0.3, -0.25) is 4.79 Å². The standard InChI is InChI=1S/C17H18N2O4S/c1-10-8-19(9-11(2)23-10)24(21,22)15-7-6-14-16-12(15)4-3-5-13(16)17(20)18-14/h3-7,10-11H,8-9H2,1-2H3,(H,18,20)/t10-,11-/m1/s1. The number of nitrogens with zero attached hydrogens (tertiary/aromatic N) is 1. The molecule has 4 rings (SSSR count). The molecule has 2 aliphatic heterocycles. The SMILES string of the molecule is C[C@@H]1CN(S(=O)(=O)c2ccc3c4c(cccc24)C(=O)N3)C[C@@H](C)O1. The van der Waals surface area contributed by atoms with Gasteiger partial charge in [-0.15, -0.1) is 0 Å². The highest BCUT2D eigenvalue weighted by Crippen LogP contribution is 2.37. The van der Waals surface area contributed by atoms with E-state index < -0.39 is 10.0 Å². The van der Waals surface area contributed by atoms with Crippen molar-refractivity contribution in [3.05, 3.63) is 35.9 Å². The Bertz CT molecular complexity index is 944. The first-order valence-corrected chi connectivity index (χ1v) is 9.34. The third-order valence-electron chi connectivity index (χ3n) is 4.50. The zero-order chi connectivity index (χ0) is 17.1. The highest BCUT2D eigenvalue weighted by molar-refractivity contribution is 7.89. The molecule has 6 nitrogen and oxygen atoms in total. The van der Waals surface area contributed by atoms with Crippen LogP contribution in [0.25, 0.3) is 10.8 Å². The van der Waals surface area contributed by atoms with Crippen molar-refractivity contribution in [3.8, 4) is 0 Å². The van der Waals surface area contributed by atoms with E-state index in [1.54, 1.807) is 30.3 Å². The van der Waals surface area contributed by atoms with E-state index >= 15 is 0 Å². The summed E-state index contributed by atoms with van der Waals surface area (Å²) in [6.07, 6.45) is -0.299. The monoisotopic (exact) mass is 346 g/mol. The van der Waals surface area contributed by atoms with Gasteiger partial charge in [0.1, 0.15) is 0 Å². The van der Waals surface area contributed by atoms with E-state index in [2.05, 4.69) is 5.32 Å². The molecule has 1 N–H and O–H groups in total. The number of rotatable bonds is 2. The Morgan fingerprint density at radius 3 is 2.54 bits per heavy atom. The van der Waals surface area contributed by atoms with E-state index in [1.807, 2.05) is 13.8 Å². The minimum Gasteiger partial charge on any atom is -0.373 e. The number of anilines is 1. The molecule has 1 amide bonds. The van der Waals surface area contributed by atoms with Crippen molar-refractivity contribution in [3.63, 3.8) is 0 Å². The Hall–Kier alpha value is -1.96. The lowest BCUT2D eigenvalue weighted by Crippen LogP contribution is -2.48. The molecule has 0 aromatic heterocycles. The minimum absolute atomic E-state index is 0.149. The van der Waals surface area contributed by atoms with Crippen LogP contribution in [-0.4, -0.2) is 43.9 Å². The summed E-state index contributed by atoms with van der Waals surface area (Å²) in [5, 5.41) is 4.03. The second-order valence-corrected chi connectivity index (χ2v) is 8.28. The molecule has 0 saturated carbocycles. The Labute approximate surface area is 140 Å². The summed E-state index contributed by atoms with van der Waals surface area (Å²) in [6.45, 7) is 4.39. The summed E-state index contributed by atoms with van der Waals surface area (Å²) in [7, 11) is -3.66. The van der Waals surface area contributed by atoms with Crippen molar-refractivity contribution in [1.82, 2.24) is 4.31 Å². The van der Waals surface area contributed by atoms with Crippen molar-refractivity contribution in [2.75, 3.05) is 18.4 Å². The smallest absolute Gasteiger partial charge is 0.256 e. The molecule has 2 aromatic carbocycles. The molecule has 0 bridgehead atoms. The third-order valence-corrected chi connectivity index (χ3v) is 6.39. The number of morpholine rings is 1. The summed E-state index contributed by atoms with van der Waals surface area (Å²) in [6, 6.07) is 8.42. The van der Waals surface area contributed by atoms with Crippen molar-refractivity contribution in [2.24, 2.45) is 0 Å². The van der Waals surface area contributed by atoms with Gasteiger partial charge in [0, 0.05) is 35.1 Å². The van der Waals surface area contributed by atoms with E-state index in [0.29, 0.717) is 35.1 Å². The fraction of sp³-hybridized carbons (Fsp3) is 0.353. The molecule has 24 heavy (non-hydrogen) atoms. The maximum Gasteiger partial charge on any atom is 0.256 e. The van der Waals surface area contributed by atoms with Gasteiger partial charge in [0.15, 0.2) is 0 Å². The molecule has 7 heteroatoms. The Morgan fingerprint density at radius 2 is 1.83 bits per heavy atom. The van der Waals surface area contributed by atoms with Gasteiger partial charge in [-0.2, -0.15) is 4.31 Å². The Kier molecular flexibility index (Phi) is 3.42. The fourth-order valence-electron chi connectivity index (χ4n) is 3.55. The fourth-order valence-corrected chi connectivity index (χ4v) is 5.33. The van der Waals surface area contributed by atoms with Gasteiger partial charge in [0.25, 0.3) is 5.91 Å². The van der Waals surface area contributed by atoms with Crippen molar-refractivity contribution < 1.29 is 17.9 Å². The van der Waals surface area contributed by atoms with Crippen LogP contribution in [0, 0.1) is 0 Å². The first-order valence-electron chi connectivity index (χ1n) is 7.90. The molecule has 2 heterocycles. The van der Waals surface area contributed by atoms with E-state index in [4.69, 9.17) is 4.74 Å². The van der Waals surface area contributed by atoms with Gasteiger partial charge in [-0.05, 0) is 32.0 Å². The molecule has 1 saturated heterocycles. The molecule has 126 valence electrons. The first kappa shape index (κ1) is 15.6. The molecular weight excluding hydrogens is 328 g/mol. The number of sulfonamides is 1. The maximum absolute atomic E-state index is 13.2. The number of hydrogen-bond acceptors (Lipinski definition) is 4. The average Bonchev–Trinajstić information content (AvgIpc) is 2.85. The van der Waals surface area contributed by atoms with E-state index in [1.165, 1.54) is 4.31 Å². The van der Waals surface area contributed by atoms with Gasteiger partial charge >= 0.3 is 0 Å². The van der Waals surface area contributed by atoms with Crippen LogP contribution in [0.2, 0.25) is 0 Å². The van der Waals surface area contributed by atoms with E-state index in [-0.39, 0.29) is 23.0 Å². The quantitative estimate of drug-likeness (QED) is 0.904. The maximum atomic E-state index is 13.2. The normalized spacial score (nSPS) is 24.3. The molecule has 2 aliphatic rings. The minimum atomic E-state index is -3.66. The third kappa shape index (κ3) is 2.23. The summed E-state index contributed by atoms with van der Waals surface area (Å²) in [5.41, 5.74) is 1.18. The average molecular weight is 346 g/mol. The predicted octanol–water partition coefficient (Wildman–Crippen LogP) is 2.20. The summed E-state index contributed by atoms with van der Waals surface area (Å²) in [5.74, 6) is -0.196. The number of hydrogen-bond donors (Lipinski definition) is 1. The van der Waals surface area contributed by atoms with Crippen molar-refractivity contribution in [1.29, 1.82) is 0 Å². The molecule has 2 atom stereocenters. The van der Waals surface area contributed by atoms with Gasteiger partial charge in [-0.25, -0.2) is 8.42 Å². The van der Waals surface area contributed by atoms with Gasteiger partial charge in [0.05, 0.1) is 17.1 Å². The lowest BCUT2D eigenvalue weighted by atomic mass is 10.1. The number of amides is 1. The first-order chi connectivity index (χ1) is 11.4. The zero-order valence-electron chi connectivity index (χ0n) is 13.4. The lowest BCUT2D eigenvalue weighted by molar-refractivity contribution is -0.0440. The second kappa shape index (κ2) is 5.27. The van der Waals surface area contributed by atoms with Crippen LogP contribution in [-0.2, 0) is 14.8 Å². The largest absolute Gasteiger partial charge is 0.373 e. The number of carbonyl (C=O) groups is 1. The number of carbonyl (C=O) groups excluding carboxylic acids is 1. The molecule has 0 aliphatic carbocycles. The van der Waals surface area contributed by atoms with Crippen LogP contribution in [0.5, 0.6) is 0 Å². The van der Waals surface area contributed by atoms with Crippen LogP contribution in [0.1, 0.15) is 24.2 Å². The van der Waals surface area contributed by atoms with Gasteiger partial charge in [-0.1, -0.05) is 12.1 Å². The lowest BCUT2D eigenvalue weighted by Gasteiger charge is -2.34. The number of ether oxygens (including phenoxy) is 1. The molecule has 0 unspecified atom stereocenters. The van der Waals surface area contributed by atoms with Gasteiger partial charge < -0.3 is 10.1 Å². The highest BCUT2D eigenvalue weighted by Gasteiger charge is 2.34. The summed E-state index contributed by atoms with van der Waals surface area (Å²) >= 11 is 0. The Morgan fingerprint density at radius 1 is 1.12 bits per heavy atom. The van der Waals surface area contributed by atoms with Crippen LogP contribution < -0.4 is 5.32 Å². The number of benzene rings is 2. The Balaban J connectivity index is 1.88. The van der Waals surface area contributed by atoms with Crippen LogP contribution in [0.3, 0.4) is 0 Å². The summed E-state index contributed by atoms with van der Waals surface area (Å²) in [4.78, 5) is 12.2. The molecule has 2 aromatic rings. The topological polar surface area (TPSA) is 75.7 Å².